The zero-order valence-corrected chi connectivity index (χ0v) is 12.8. The van der Waals surface area contributed by atoms with E-state index in [1.165, 1.54) is 0 Å². The maximum absolute atomic E-state index is 11.9. The van der Waals surface area contributed by atoms with Gasteiger partial charge in [-0.05, 0) is 6.07 Å². The Labute approximate surface area is 129 Å². The number of ether oxygens (including phenoxy) is 2. The first-order valence-electron chi connectivity index (χ1n) is 7.71. The van der Waals surface area contributed by atoms with Crippen molar-refractivity contribution in [1.29, 1.82) is 0 Å². The number of hydrogen-bond donors (Lipinski definition) is 0. The molecular formula is C16H21N3O3. The number of aromatic nitrogens is 2. The summed E-state index contributed by atoms with van der Waals surface area (Å²) in [6.07, 6.45) is 3.92. The van der Waals surface area contributed by atoms with Crippen LogP contribution in [0.25, 0.3) is 5.52 Å². The molecule has 1 saturated heterocycles. The molecule has 6 nitrogen and oxygen atoms in total. The van der Waals surface area contributed by atoms with Gasteiger partial charge in [-0.2, -0.15) is 5.10 Å². The molecule has 0 spiro atoms. The summed E-state index contributed by atoms with van der Waals surface area (Å²) in [7, 11) is 0. The number of ketones is 1. The van der Waals surface area contributed by atoms with Gasteiger partial charge < -0.3 is 9.47 Å². The van der Waals surface area contributed by atoms with Crippen LogP contribution in [0.1, 0.15) is 23.7 Å². The summed E-state index contributed by atoms with van der Waals surface area (Å²) in [5, 5.41) is 4.20. The lowest BCUT2D eigenvalue weighted by atomic mass is 10.1. The Morgan fingerprint density at radius 1 is 1.41 bits per heavy atom. The first-order chi connectivity index (χ1) is 10.8. The predicted molar refractivity (Wildman–Crippen MR) is 82.6 cm³/mol. The second kappa shape index (κ2) is 6.89. The molecule has 6 heteroatoms. The third-order valence-electron chi connectivity index (χ3n) is 3.89. The van der Waals surface area contributed by atoms with Crippen LogP contribution in [-0.4, -0.2) is 59.8 Å². The molecule has 1 aliphatic rings. The zero-order valence-electron chi connectivity index (χ0n) is 12.8. The van der Waals surface area contributed by atoms with Gasteiger partial charge in [-0.1, -0.05) is 6.92 Å². The second-order valence-corrected chi connectivity index (χ2v) is 5.33. The first kappa shape index (κ1) is 15.0. The van der Waals surface area contributed by atoms with Crippen LogP contribution < -0.4 is 4.74 Å². The number of Topliss-reactive ketones (excluding diaryl/α,β-unsaturated/α-hetero) is 1. The summed E-state index contributed by atoms with van der Waals surface area (Å²) < 4.78 is 12.9. The van der Waals surface area contributed by atoms with Crippen LogP contribution in [-0.2, 0) is 4.74 Å². The molecule has 0 amide bonds. The van der Waals surface area contributed by atoms with E-state index in [4.69, 9.17) is 9.47 Å². The van der Waals surface area contributed by atoms with Crippen LogP contribution >= 0.6 is 0 Å². The molecule has 118 valence electrons. The number of morpholine rings is 1. The van der Waals surface area contributed by atoms with E-state index < -0.39 is 0 Å². The average Bonchev–Trinajstić information content (AvgIpc) is 2.98. The minimum Gasteiger partial charge on any atom is -0.492 e. The topological polar surface area (TPSA) is 56.1 Å². The summed E-state index contributed by atoms with van der Waals surface area (Å²) in [6, 6.07) is 3.76. The van der Waals surface area contributed by atoms with Crippen molar-refractivity contribution >= 4 is 11.3 Å². The van der Waals surface area contributed by atoms with Crippen molar-refractivity contribution in [3.63, 3.8) is 0 Å². The van der Waals surface area contributed by atoms with Crippen LogP contribution in [0, 0.1) is 0 Å². The van der Waals surface area contributed by atoms with Gasteiger partial charge in [0.2, 0.25) is 0 Å². The van der Waals surface area contributed by atoms with Gasteiger partial charge in [-0.15, -0.1) is 0 Å². The number of carbonyl (C=O) groups excluding carboxylic acids is 1. The highest BCUT2D eigenvalue weighted by molar-refractivity contribution is 6.02. The van der Waals surface area contributed by atoms with Crippen molar-refractivity contribution in [2.24, 2.45) is 0 Å². The summed E-state index contributed by atoms with van der Waals surface area (Å²) in [6.45, 7) is 6.87. The summed E-state index contributed by atoms with van der Waals surface area (Å²) >= 11 is 0. The molecule has 2 aromatic heterocycles. The smallest absolute Gasteiger partial charge is 0.166 e. The van der Waals surface area contributed by atoms with Crippen molar-refractivity contribution < 1.29 is 14.3 Å². The number of nitrogens with zero attached hydrogens (tertiary/aromatic N) is 3. The third-order valence-corrected chi connectivity index (χ3v) is 3.89. The highest BCUT2D eigenvalue weighted by atomic mass is 16.5. The molecule has 0 saturated carbocycles. The van der Waals surface area contributed by atoms with E-state index in [-0.39, 0.29) is 5.78 Å². The number of fused-ring (bicyclic) bond motifs is 1. The minimum atomic E-state index is 0.0977. The number of hydrogen-bond acceptors (Lipinski definition) is 5. The van der Waals surface area contributed by atoms with Gasteiger partial charge in [-0.25, -0.2) is 4.52 Å². The van der Waals surface area contributed by atoms with Crippen LogP contribution in [0.2, 0.25) is 0 Å². The molecule has 0 aromatic carbocycles. The standard InChI is InChI=1S/C16H21N3O3/c1-2-16(20)14-12-17-19-4-3-13(11-15(14)19)22-10-7-18-5-8-21-9-6-18/h3-4,11-12H,2,5-10H2,1H3. The van der Waals surface area contributed by atoms with Crippen molar-refractivity contribution in [1.82, 2.24) is 14.5 Å². The van der Waals surface area contributed by atoms with Gasteiger partial charge in [-0.3, -0.25) is 9.69 Å². The molecule has 3 heterocycles. The predicted octanol–water partition coefficient (Wildman–Crippen LogP) is 1.64. The van der Waals surface area contributed by atoms with E-state index in [0.717, 1.165) is 44.1 Å². The molecule has 0 bridgehead atoms. The SMILES string of the molecule is CCC(=O)c1cnn2ccc(OCCN3CCOCC3)cc12. The molecule has 0 atom stereocenters. The Morgan fingerprint density at radius 3 is 3.00 bits per heavy atom. The van der Waals surface area contributed by atoms with Gasteiger partial charge in [0.1, 0.15) is 12.4 Å². The molecule has 0 N–H and O–H groups in total. The molecule has 0 unspecified atom stereocenters. The van der Waals surface area contributed by atoms with Crippen LogP contribution in [0.5, 0.6) is 5.75 Å². The molecule has 1 fully saturated rings. The lowest BCUT2D eigenvalue weighted by Gasteiger charge is -2.26. The van der Waals surface area contributed by atoms with Gasteiger partial charge in [0.05, 0.1) is 30.5 Å². The largest absolute Gasteiger partial charge is 0.492 e. The van der Waals surface area contributed by atoms with Crippen molar-refractivity contribution in [3.8, 4) is 5.75 Å². The molecule has 0 aliphatic carbocycles. The average molecular weight is 303 g/mol. The normalized spacial score (nSPS) is 16.0. The Balaban J connectivity index is 1.64. The van der Waals surface area contributed by atoms with E-state index >= 15 is 0 Å². The molecular weight excluding hydrogens is 282 g/mol. The number of pyridine rings is 1. The fourth-order valence-electron chi connectivity index (χ4n) is 2.57. The minimum absolute atomic E-state index is 0.0977. The van der Waals surface area contributed by atoms with Gasteiger partial charge >= 0.3 is 0 Å². The fraction of sp³-hybridized carbons (Fsp3) is 0.500. The van der Waals surface area contributed by atoms with E-state index in [9.17, 15) is 4.79 Å². The number of carbonyl (C=O) groups is 1. The van der Waals surface area contributed by atoms with Crippen molar-refractivity contribution in [2.75, 3.05) is 39.5 Å². The summed E-state index contributed by atoms with van der Waals surface area (Å²) in [4.78, 5) is 14.2. The zero-order chi connectivity index (χ0) is 15.4. The second-order valence-electron chi connectivity index (χ2n) is 5.33. The number of rotatable bonds is 6. The lowest BCUT2D eigenvalue weighted by molar-refractivity contribution is 0.0322. The van der Waals surface area contributed by atoms with Crippen LogP contribution in [0.4, 0.5) is 0 Å². The molecule has 3 rings (SSSR count). The van der Waals surface area contributed by atoms with Gasteiger partial charge in [0.25, 0.3) is 0 Å². The summed E-state index contributed by atoms with van der Waals surface area (Å²) in [5.41, 5.74) is 1.46. The molecule has 2 aromatic rings. The molecule has 22 heavy (non-hydrogen) atoms. The first-order valence-corrected chi connectivity index (χ1v) is 7.71. The van der Waals surface area contributed by atoms with E-state index in [0.29, 0.717) is 18.6 Å². The van der Waals surface area contributed by atoms with Gasteiger partial charge in [0, 0.05) is 38.3 Å². The highest BCUT2D eigenvalue weighted by Crippen LogP contribution is 2.19. The van der Waals surface area contributed by atoms with Crippen LogP contribution in [0.15, 0.2) is 24.5 Å². The Kier molecular flexibility index (Phi) is 4.70. The molecule has 1 aliphatic heterocycles. The van der Waals surface area contributed by atoms with E-state index in [1.807, 2.05) is 25.3 Å². The lowest BCUT2D eigenvalue weighted by Crippen LogP contribution is -2.38. The van der Waals surface area contributed by atoms with Crippen molar-refractivity contribution in [3.05, 3.63) is 30.1 Å². The monoisotopic (exact) mass is 303 g/mol. The van der Waals surface area contributed by atoms with Crippen LogP contribution in [0.3, 0.4) is 0 Å². The van der Waals surface area contributed by atoms with Crippen molar-refractivity contribution in [2.45, 2.75) is 13.3 Å². The Bertz CT molecular complexity index is 647. The Morgan fingerprint density at radius 2 is 2.23 bits per heavy atom. The third kappa shape index (κ3) is 3.28. The molecule has 0 radical (unpaired) electrons. The maximum atomic E-state index is 11.9. The highest BCUT2D eigenvalue weighted by Gasteiger charge is 2.12. The van der Waals surface area contributed by atoms with E-state index in [1.54, 1.807) is 10.7 Å². The quantitative estimate of drug-likeness (QED) is 0.759. The summed E-state index contributed by atoms with van der Waals surface area (Å²) in [5.74, 6) is 0.867. The maximum Gasteiger partial charge on any atom is 0.166 e. The van der Waals surface area contributed by atoms with E-state index in [2.05, 4.69) is 10.00 Å². The van der Waals surface area contributed by atoms with Gasteiger partial charge in [0.15, 0.2) is 5.78 Å². The fourth-order valence-corrected chi connectivity index (χ4v) is 2.57. The Hall–Kier alpha value is -1.92.